The molecule has 0 saturated carbocycles. The minimum absolute atomic E-state index is 0.542. The van der Waals surface area contributed by atoms with Gasteiger partial charge >= 0.3 is 0 Å². The van der Waals surface area contributed by atoms with Crippen LogP contribution in [0.25, 0.3) is 6.08 Å². The van der Waals surface area contributed by atoms with Crippen molar-refractivity contribution in [1.29, 1.82) is 0 Å². The van der Waals surface area contributed by atoms with E-state index in [9.17, 15) is 9.90 Å². The molecule has 1 aliphatic rings. The lowest BCUT2D eigenvalue weighted by Crippen LogP contribution is -3.10. The van der Waals surface area contributed by atoms with Crippen molar-refractivity contribution in [3.8, 4) is 5.75 Å². The lowest BCUT2D eigenvalue weighted by molar-refractivity contribution is -0.887. The lowest BCUT2D eigenvalue weighted by atomic mass is 10.2. The molecule has 20 heavy (non-hydrogen) atoms. The number of carboxylic acid groups (broad SMARTS) is 1. The molecule has 1 fully saturated rings. The standard InChI is InChI=1S/C15H18ClNO3/c16-13-4-5-14(12(11-13)3-6-15(18)19)20-10-9-17-7-1-2-8-17/h3-6,11H,1-2,7-10H2,(H,18,19)/b6-3+. The topological polar surface area (TPSA) is 53.8 Å². The van der Waals surface area contributed by atoms with Gasteiger partial charge in [-0.25, -0.2) is 0 Å². The highest BCUT2D eigenvalue weighted by Crippen LogP contribution is 2.24. The number of ether oxygens (including phenoxy) is 1. The van der Waals surface area contributed by atoms with Gasteiger partial charge in [0.15, 0.2) is 0 Å². The zero-order valence-corrected chi connectivity index (χ0v) is 12.0. The van der Waals surface area contributed by atoms with E-state index in [-0.39, 0.29) is 0 Å². The molecule has 0 radical (unpaired) electrons. The van der Waals surface area contributed by atoms with Crippen LogP contribution in [0.15, 0.2) is 24.3 Å². The molecule has 0 aliphatic carbocycles. The lowest BCUT2D eigenvalue weighted by Gasteiger charge is -2.14. The summed E-state index contributed by atoms with van der Waals surface area (Å²) >= 11 is 5.91. The Hall–Kier alpha value is -1.52. The van der Waals surface area contributed by atoms with E-state index in [0.717, 1.165) is 12.6 Å². The molecule has 4 nitrogen and oxygen atoms in total. The van der Waals surface area contributed by atoms with Gasteiger partial charge in [-0.3, -0.25) is 0 Å². The fourth-order valence-electron chi connectivity index (χ4n) is 2.37. The van der Waals surface area contributed by atoms with Gasteiger partial charge in [0.05, 0.1) is 19.1 Å². The molecule has 0 unspecified atom stereocenters. The maximum absolute atomic E-state index is 10.5. The first-order valence-corrected chi connectivity index (χ1v) is 7.18. The van der Waals surface area contributed by atoms with Crippen LogP contribution < -0.4 is 14.7 Å². The van der Waals surface area contributed by atoms with Crippen LogP contribution in [0, 0.1) is 0 Å². The number of rotatable bonds is 6. The Morgan fingerprint density at radius 2 is 2.15 bits per heavy atom. The molecular formula is C15H18ClNO3. The molecule has 2 rings (SSSR count). The van der Waals surface area contributed by atoms with Crippen molar-refractivity contribution >= 4 is 23.6 Å². The Morgan fingerprint density at radius 3 is 2.85 bits per heavy atom. The number of hydrogen-bond donors (Lipinski definition) is 1. The molecule has 1 aliphatic heterocycles. The molecule has 0 bridgehead atoms. The van der Waals surface area contributed by atoms with E-state index in [4.69, 9.17) is 16.3 Å². The maximum Gasteiger partial charge on any atom is 0.137 e. The monoisotopic (exact) mass is 295 g/mol. The zero-order valence-electron chi connectivity index (χ0n) is 11.2. The molecule has 108 valence electrons. The van der Waals surface area contributed by atoms with Crippen molar-refractivity contribution < 1.29 is 19.5 Å². The van der Waals surface area contributed by atoms with E-state index in [1.54, 1.807) is 23.1 Å². The number of hydrogen-bond acceptors (Lipinski definition) is 3. The Morgan fingerprint density at radius 1 is 1.40 bits per heavy atom. The minimum atomic E-state index is -1.24. The first-order valence-electron chi connectivity index (χ1n) is 6.80. The minimum Gasteiger partial charge on any atom is -0.545 e. The molecule has 0 amide bonds. The van der Waals surface area contributed by atoms with Gasteiger partial charge in [-0.2, -0.15) is 0 Å². The summed E-state index contributed by atoms with van der Waals surface area (Å²) in [5.74, 6) is -0.595. The Kier molecular flexibility index (Phi) is 5.44. The van der Waals surface area contributed by atoms with Crippen molar-refractivity contribution in [3.05, 3.63) is 34.9 Å². The zero-order chi connectivity index (χ0) is 14.4. The third-order valence-corrected chi connectivity index (χ3v) is 3.63. The second-order valence-electron chi connectivity index (χ2n) is 4.89. The highest BCUT2D eigenvalue weighted by Gasteiger charge is 2.14. The molecule has 0 atom stereocenters. The predicted octanol–water partition coefficient (Wildman–Crippen LogP) is 0.161. The predicted molar refractivity (Wildman–Crippen MR) is 75.8 cm³/mol. The van der Waals surface area contributed by atoms with Crippen LogP contribution in [0.3, 0.4) is 0 Å². The summed E-state index contributed by atoms with van der Waals surface area (Å²) in [6.45, 7) is 4.00. The van der Waals surface area contributed by atoms with Crippen molar-refractivity contribution in [3.63, 3.8) is 0 Å². The number of aliphatic carboxylic acids is 1. The van der Waals surface area contributed by atoms with Crippen molar-refractivity contribution in [1.82, 2.24) is 0 Å². The van der Waals surface area contributed by atoms with E-state index in [2.05, 4.69) is 0 Å². The number of likely N-dealkylation sites (tertiary alicyclic amines) is 1. The third-order valence-electron chi connectivity index (χ3n) is 3.39. The molecule has 1 aromatic rings. The molecule has 1 aromatic carbocycles. The summed E-state index contributed by atoms with van der Waals surface area (Å²) in [5, 5.41) is 11.0. The Bertz CT molecular complexity index is 496. The molecule has 1 heterocycles. The molecule has 1 saturated heterocycles. The number of quaternary nitrogens is 1. The number of carboxylic acids is 1. The van der Waals surface area contributed by atoms with Crippen molar-refractivity contribution in [2.75, 3.05) is 26.2 Å². The van der Waals surface area contributed by atoms with Crippen LogP contribution in [-0.4, -0.2) is 32.2 Å². The molecule has 5 heteroatoms. The summed E-state index contributed by atoms with van der Waals surface area (Å²) in [6.07, 6.45) is 5.00. The average molecular weight is 296 g/mol. The highest BCUT2D eigenvalue weighted by atomic mass is 35.5. The number of benzene rings is 1. The number of carbonyl (C=O) groups is 1. The average Bonchev–Trinajstić information content (AvgIpc) is 2.91. The van der Waals surface area contributed by atoms with Crippen LogP contribution in [0.5, 0.6) is 5.75 Å². The molecule has 0 aromatic heterocycles. The van der Waals surface area contributed by atoms with Gasteiger partial charge < -0.3 is 19.5 Å². The van der Waals surface area contributed by atoms with E-state index in [1.165, 1.54) is 32.0 Å². The van der Waals surface area contributed by atoms with Crippen LogP contribution in [0.1, 0.15) is 18.4 Å². The van der Waals surface area contributed by atoms with Crippen LogP contribution in [0.2, 0.25) is 5.02 Å². The largest absolute Gasteiger partial charge is 0.545 e. The summed E-state index contributed by atoms with van der Waals surface area (Å²) in [7, 11) is 0. The van der Waals surface area contributed by atoms with Gasteiger partial charge in [-0.05, 0) is 30.4 Å². The smallest absolute Gasteiger partial charge is 0.137 e. The van der Waals surface area contributed by atoms with Gasteiger partial charge in [0.25, 0.3) is 0 Å². The normalized spacial score (nSPS) is 15.8. The van der Waals surface area contributed by atoms with Crippen LogP contribution in [0.4, 0.5) is 0 Å². The van der Waals surface area contributed by atoms with Crippen LogP contribution >= 0.6 is 11.6 Å². The molecule has 0 spiro atoms. The van der Waals surface area contributed by atoms with Gasteiger partial charge in [-0.15, -0.1) is 0 Å². The highest BCUT2D eigenvalue weighted by molar-refractivity contribution is 6.30. The first-order chi connectivity index (χ1) is 9.65. The summed E-state index contributed by atoms with van der Waals surface area (Å²) < 4.78 is 5.74. The summed E-state index contributed by atoms with van der Waals surface area (Å²) in [4.78, 5) is 12.0. The summed E-state index contributed by atoms with van der Waals surface area (Å²) in [6, 6.07) is 5.17. The number of halogens is 1. The fraction of sp³-hybridized carbons (Fsp3) is 0.400. The SMILES string of the molecule is O=C([O-])/C=C/c1cc(Cl)ccc1OCC[NH+]1CCCC1. The Labute approximate surface area is 123 Å². The number of nitrogens with one attached hydrogen (secondary N) is 1. The van der Waals surface area contributed by atoms with Gasteiger partial charge in [0.2, 0.25) is 0 Å². The van der Waals surface area contributed by atoms with E-state index < -0.39 is 5.97 Å². The Balaban J connectivity index is 1.96. The van der Waals surface area contributed by atoms with Gasteiger partial charge in [-0.1, -0.05) is 11.6 Å². The second kappa shape index (κ2) is 7.31. The number of carbonyl (C=O) groups excluding carboxylic acids is 1. The van der Waals surface area contributed by atoms with Crippen molar-refractivity contribution in [2.45, 2.75) is 12.8 Å². The second-order valence-corrected chi connectivity index (χ2v) is 5.33. The van der Waals surface area contributed by atoms with Gasteiger partial charge in [0.1, 0.15) is 18.9 Å². The van der Waals surface area contributed by atoms with E-state index >= 15 is 0 Å². The van der Waals surface area contributed by atoms with Gasteiger partial charge in [0, 0.05) is 23.4 Å². The first kappa shape index (κ1) is 14.9. The molecule has 1 N–H and O–H groups in total. The fourth-order valence-corrected chi connectivity index (χ4v) is 2.55. The van der Waals surface area contributed by atoms with Crippen molar-refractivity contribution in [2.24, 2.45) is 0 Å². The van der Waals surface area contributed by atoms with E-state index in [0.29, 0.717) is 22.9 Å². The maximum atomic E-state index is 10.5. The molecular weight excluding hydrogens is 278 g/mol. The van der Waals surface area contributed by atoms with Crippen LogP contribution in [-0.2, 0) is 4.79 Å². The quantitative estimate of drug-likeness (QED) is 0.761. The summed E-state index contributed by atoms with van der Waals surface area (Å²) in [5.41, 5.74) is 0.651. The van der Waals surface area contributed by atoms with E-state index in [1.807, 2.05) is 0 Å². The third kappa shape index (κ3) is 4.54.